The minimum Gasteiger partial charge on any atom is -0.493 e. The Hall–Kier alpha value is -2.37. The predicted octanol–water partition coefficient (Wildman–Crippen LogP) is 1.31. The molecule has 6 nitrogen and oxygen atoms in total. The first kappa shape index (κ1) is 12.1. The van der Waals surface area contributed by atoms with Gasteiger partial charge in [0, 0.05) is 12.6 Å². The lowest BCUT2D eigenvalue weighted by Gasteiger charge is -2.09. The van der Waals surface area contributed by atoms with Crippen LogP contribution in [0.4, 0.5) is 0 Å². The average molecular weight is 247 g/mol. The minimum atomic E-state index is 0.296. The first-order valence-electron chi connectivity index (χ1n) is 5.28. The third-order valence-electron chi connectivity index (χ3n) is 2.62. The van der Waals surface area contributed by atoms with E-state index >= 15 is 0 Å². The SMILES string of the molecule is COc1ccc(-c2c(C=O)nnn2C)cc1OC. The van der Waals surface area contributed by atoms with Crippen molar-refractivity contribution in [3.05, 3.63) is 23.9 Å². The number of methoxy groups -OCH3 is 2. The largest absolute Gasteiger partial charge is 0.493 e. The number of aldehydes is 1. The summed E-state index contributed by atoms with van der Waals surface area (Å²) in [7, 11) is 4.86. The van der Waals surface area contributed by atoms with E-state index in [1.54, 1.807) is 38.1 Å². The van der Waals surface area contributed by atoms with Crippen LogP contribution in [-0.4, -0.2) is 35.5 Å². The van der Waals surface area contributed by atoms with Crippen LogP contribution in [0.15, 0.2) is 18.2 Å². The zero-order valence-electron chi connectivity index (χ0n) is 10.4. The Bertz CT molecular complexity index is 578. The Balaban J connectivity index is 2.57. The summed E-state index contributed by atoms with van der Waals surface area (Å²) in [5, 5.41) is 7.61. The van der Waals surface area contributed by atoms with Crippen molar-refractivity contribution in [1.82, 2.24) is 15.0 Å². The number of aryl methyl sites for hydroxylation is 1. The van der Waals surface area contributed by atoms with E-state index in [0.29, 0.717) is 29.2 Å². The van der Waals surface area contributed by atoms with Crippen molar-refractivity contribution in [2.45, 2.75) is 0 Å². The first-order chi connectivity index (χ1) is 8.71. The van der Waals surface area contributed by atoms with Crippen LogP contribution in [0.3, 0.4) is 0 Å². The summed E-state index contributed by atoms with van der Waals surface area (Å²) < 4.78 is 11.9. The maximum atomic E-state index is 10.9. The van der Waals surface area contributed by atoms with Crippen molar-refractivity contribution in [2.75, 3.05) is 14.2 Å². The van der Waals surface area contributed by atoms with Crippen molar-refractivity contribution in [2.24, 2.45) is 7.05 Å². The Kier molecular flexibility index (Phi) is 3.27. The third kappa shape index (κ3) is 1.92. The summed E-state index contributed by atoms with van der Waals surface area (Å²) in [6, 6.07) is 5.38. The van der Waals surface area contributed by atoms with Crippen LogP contribution < -0.4 is 9.47 Å². The van der Waals surface area contributed by atoms with Gasteiger partial charge in [0.15, 0.2) is 23.5 Å². The van der Waals surface area contributed by atoms with Gasteiger partial charge in [0.2, 0.25) is 0 Å². The number of rotatable bonds is 4. The lowest BCUT2D eigenvalue weighted by atomic mass is 10.1. The summed E-state index contributed by atoms with van der Waals surface area (Å²) in [5.74, 6) is 1.22. The molecule has 2 rings (SSSR count). The fourth-order valence-electron chi connectivity index (χ4n) is 1.77. The third-order valence-corrected chi connectivity index (χ3v) is 2.62. The normalized spacial score (nSPS) is 10.2. The highest BCUT2D eigenvalue weighted by Gasteiger charge is 2.14. The van der Waals surface area contributed by atoms with Gasteiger partial charge in [-0.15, -0.1) is 5.10 Å². The highest BCUT2D eigenvalue weighted by Crippen LogP contribution is 2.32. The molecule has 18 heavy (non-hydrogen) atoms. The smallest absolute Gasteiger partial charge is 0.172 e. The van der Waals surface area contributed by atoms with E-state index in [-0.39, 0.29) is 0 Å². The van der Waals surface area contributed by atoms with E-state index in [0.717, 1.165) is 5.56 Å². The van der Waals surface area contributed by atoms with E-state index < -0.39 is 0 Å². The van der Waals surface area contributed by atoms with Crippen LogP contribution in [0.25, 0.3) is 11.3 Å². The quantitative estimate of drug-likeness (QED) is 0.762. The minimum absolute atomic E-state index is 0.296. The maximum Gasteiger partial charge on any atom is 0.172 e. The van der Waals surface area contributed by atoms with Crippen LogP contribution in [0, 0.1) is 0 Å². The van der Waals surface area contributed by atoms with Gasteiger partial charge in [-0.3, -0.25) is 4.79 Å². The molecule has 0 unspecified atom stereocenters. The molecule has 0 aliphatic rings. The van der Waals surface area contributed by atoms with Crippen molar-refractivity contribution in [1.29, 1.82) is 0 Å². The van der Waals surface area contributed by atoms with Gasteiger partial charge in [-0.05, 0) is 18.2 Å². The number of hydrogen-bond acceptors (Lipinski definition) is 5. The molecule has 6 heteroatoms. The Morgan fingerprint density at radius 1 is 1.22 bits per heavy atom. The summed E-state index contributed by atoms with van der Waals surface area (Å²) in [5.41, 5.74) is 1.73. The molecule has 0 aliphatic heterocycles. The second-order valence-corrected chi connectivity index (χ2v) is 3.63. The van der Waals surface area contributed by atoms with Crippen LogP contribution in [0.2, 0.25) is 0 Å². The van der Waals surface area contributed by atoms with Crippen LogP contribution >= 0.6 is 0 Å². The molecule has 0 bridgehead atoms. The molecule has 1 heterocycles. The van der Waals surface area contributed by atoms with E-state index in [1.165, 1.54) is 0 Å². The second kappa shape index (κ2) is 4.87. The van der Waals surface area contributed by atoms with Crippen molar-refractivity contribution < 1.29 is 14.3 Å². The van der Waals surface area contributed by atoms with Crippen molar-refractivity contribution >= 4 is 6.29 Å². The number of ether oxygens (including phenoxy) is 2. The van der Waals surface area contributed by atoms with Gasteiger partial charge < -0.3 is 9.47 Å². The monoisotopic (exact) mass is 247 g/mol. The zero-order chi connectivity index (χ0) is 13.1. The standard InChI is InChI=1S/C12H13N3O3/c1-15-12(9(7-16)13-14-15)8-4-5-10(17-2)11(6-8)18-3/h4-7H,1-3H3. The van der Waals surface area contributed by atoms with Gasteiger partial charge in [-0.25, -0.2) is 4.68 Å². The van der Waals surface area contributed by atoms with Crippen LogP contribution in [-0.2, 0) is 7.05 Å². The lowest BCUT2D eigenvalue weighted by Crippen LogP contribution is -1.97. The summed E-state index contributed by atoms with van der Waals surface area (Å²) in [4.78, 5) is 10.9. The highest BCUT2D eigenvalue weighted by atomic mass is 16.5. The summed E-state index contributed by atoms with van der Waals surface area (Å²) in [6.07, 6.45) is 0.680. The number of nitrogens with zero attached hydrogens (tertiary/aromatic N) is 3. The molecule has 0 aliphatic carbocycles. The molecule has 94 valence electrons. The van der Waals surface area contributed by atoms with E-state index in [1.807, 2.05) is 6.07 Å². The summed E-state index contributed by atoms with van der Waals surface area (Å²) >= 11 is 0. The Morgan fingerprint density at radius 3 is 2.56 bits per heavy atom. The fraction of sp³-hybridized carbons (Fsp3) is 0.250. The van der Waals surface area contributed by atoms with Gasteiger partial charge in [0.25, 0.3) is 0 Å². The lowest BCUT2D eigenvalue weighted by molar-refractivity contribution is 0.111. The van der Waals surface area contributed by atoms with Crippen molar-refractivity contribution in [3.63, 3.8) is 0 Å². The Morgan fingerprint density at radius 2 is 1.94 bits per heavy atom. The number of carbonyl (C=O) groups is 1. The van der Waals surface area contributed by atoms with E-state index in [9.17, 15) is 4.79 Å². The summed E-state index contributed by atoms with van der Waals surface area (Å²) in [6.45, 7) is 0. The topological polar surface area (TPSA) is 66.2 Å². The van der Waals surface area contributed by atoms with Gasteiger partial charge in [0.1, 0.15) is 0 Å². The van der Waals surface area contributed by atoms with Crippen LogP contribution in [0.5, 0.6) is 11.5 Å². The molecule has 0 saturated heterocycles. The highest BCUT2D eigenvalue weighted by molar-refractivity contribution is 5.83. The fourth-order valence-corrected chi connectivity index (χ4v) is 1.77. The number of benzene rings is 1. The zero-order valence-corrected chi connectivity index (χ0v) is 10.4. The number of carbonyl (C=O) groups excluding carboxylic acids is 1. The molecule has 0 N–H and O–H groups in total. The molecule has 0 spiro atoms. The van der Waals surface area contributed by atoms with Crippen molar-refractivity contribution in [3.8, 4) is 22.8 Å². The number of hydrogen-bond donors (Lipinski definition) is 0. The van der Waals surface area contributed by atoms with Crippen LogP contribution in [0.1, 0.15) is 10.5 Å². The van der Waals surface area contributed by atoms with Gasteiger partial charge in [-0.1, -0.05) is 5.21 Å². The van der Waals surface area contributed by atoms with E-state index in [4.69, 9.17) is 9.47 Å². The molecule has 0 radical (unpaired) electrons. The molecule has 0 atom stereocenters. The molecule has 0 amide bonds. The first-order valence-corrected chi connectivity index (χ1v) is 5.28. The molecular formula is C12H13N3O3. The van der Waals surface area contributed by atoms with Gasteiger partial charge >= 0.3 is 0 Å². The van der Waals surface area contributed by atoms with Gasteiger partial charge in [-0.2, -0.15) is 0 Å². The molecule has 1 aromatic carbocycles. The Labute approximate surface area is 104 Å². The number of aromatic nitrogens is 3. The molecule has 0 saturated carbocycles. The second-order valence-electron chi connectivity index (χ2n) is 3.63. The maximum absolute atomic E-state index is 10.9. The molecule has 2 aromatic rings. The average Bonchev–Trinajstić information content (AvgIpc) is 2.79. The molecular weight excluding hydrogens is 234 g/mol. The van der Waals surface area contributed by atoms with E-state index in [2.05, 4.69) is 10.3 Å². The molecule has 1 aromatic heterocycles. The van der Waals surface area contributed by atoms with Gasteiger partial charge in [0.05, 0.1) is 19.9 Å². The molecule has 0 fully saturated rings. The predicted molar refractivity (Wildman–Crippen MR) is 64.9 cm³/mol.